The first kappa shape index (κ1) is 16.0. The minimum atomic E-state index is -0.224. The highest BCUT2D eigenvalue weighted by atomic mass is 79.9. The van der Waals surface area contributed by atoms with Crippen LogP contribution in [0, 0.1) is 12.7 Å². The summed E-state index contributed by atoms with van der Waals surface area (Å²) in [6, 6.07) is 12.9. The molecule has 112 valence electrons. The highest BCUT2D eigenvalue weighted by molar-refractivity contribution is 9.10. The fraction of sp³-hybridized carbons (Fsp3) is 0.294. The Morgan fingerprint density at radius 3 is 2.38 bits per heavy atom. The third-order valence-corrected chi connectivity index (χ3v) is 4.55. The summed E-state index contributed by atoms with van der Waals surface area (Å²) >= 11 is 3.52. The zero-order valence-corrected chi connectivity index (χ0v) is 13.9. The van der Waals surface area contributed by atoms with Gasteiger partial charge in [0.1, 0.15) is 5.82 Å². The summed E-state index contributed by atoms with van der Waals surface area (Å²) < 4.78 is 14.2. The van der Waals surface area contributed by atoms with Gasteiger partial charge in [0.2, 0.25) is 0 Å². The average molecular weight is 351 g/mol. The first-order valence-electron chi connectivity index (χ1n) is 7.05. The van der Waals surface area contributed by atoms with Gasteiger partial charge >= 0.3 is 0 Å². The van der Waals surface area contributed by atoms with Crippen LogP contribution in [0.15, 0.2) is 46.9 Å². The van der Waals surface area contributed by atoms with Crippen LogP contribution in [0.1, 0.15) is 24.1 Å². The number of rotatable bonds is 5. The molecule has 0 spiro atoms. The van der Waals surface area contributed by atoms with Crippen LogP contribution < -0.4 is 10.6 Å². The molecule has 0 aromatic heterocycles. The van der Waals surface area contributed by atoms with Gasteiger partial charge in [0.25, 0.3) is 0 Å². The van der Waals surface area contributed by atoms with Crippen molar-refractivity contribution in [3.8, 4) is 0 Å². The summed E-state index contributed by atoms with van der Waals surface area (Å²) in [6.45, 7) is 5.46. The number of nitrogens with two attached hydrogens (primary N) is 1. The fourth-order valence-corrected chi connectivity index (χ4v) is 2.78. The Morgan fingerprint density at radius 2 is 1.86 bits per heavy atom. The molecular weight excluding hydrogens is 331 g/mol. The van der Waals surface area contributed by atoms with Gasteiger partial charge in [-0.15, -0.1) is 0 Å². The molecule has 0 amide bonds. The molecule has 0 heterocycles. The molecule has 2 aromatic rings. The number of aryl methyl sites for hydroxylation is 1. The highest BCUT2D eigenvalue weighted by Gasteiger charge is 2.18. The van der Waals surface area contributed by atoms with Crippen LogP contribution in [-0.4, -0.2) is 13.1 Å². The van der Waals surface area contributed by atoms with Crippen LogP contribution >= 0.6 is 15.9 Å². The molecule has 0 aliphatic heterocycles. The maximum atomic E-state index is 13.1. The molecule has 2 N–H and O–H groups in total. The van der Waals surface area contributed by atoms with Gasteiger partial charge in [0.15, 0.2) is 0 Å². The zero-order chi connectivity index (χ0) is 15.4. The van der Waals surface area contributed by atoms with E-state index in [-0.39, 0.29) is 11.9 Å². The number of nitrogens with zero attached hydrogens (tertiary/aromatic N) is 1. The van der Waals surface area contributed by atoms with E-state index in [0.29, 0.717) is 6.54 Å². The van der Waals surface area contributed by atoms with Crippen molar-refractivity contribution in [1.82, 2.24) is 0 Å². The van der Waals surface area contributed by atoms with Gasteiger partial charge in [0, 0.05) is 23.2 Å². The second kappa shape index (κ2) is 7.05. The summed E-state index contributed by atoms with van der Waals surface area (Å²) in [7, 11) is 0. The van der Waals surface area contributed by atoms with Gasteiger partial charge in [0.05, 0.1) is 6.04 Å². The minimum Gasteiger partial charge on any atom is -0.363 e. The number of halogens is 2. The van der Waals surface area contributed by atoms with Gasteiger partial charge < -0.3 is 10.6 Å². The predicted molar refractivity (Wildman–Crippen MR) is 90.1 cm³/mol. The van der Waals surface area contributed by atoms with Crippen LogP contribution in [0.25, 0.3) is 0 Å². The van der Waals surface area contributed by atoms with Crippen molar-refractivity contribution in [1.29, 1.82) is 0 Å². The second-order valence-corrected chi connectivity index (χ2v) is 5.88. The lowest BCUT2D eigenvalue weighted by Gasteiger charge is -2.32. The SMILES string of the molecule is CCN(c1ccc(F)cc1)C(CN)c1ccc(Br)c(C)c1. The van der Waals surface area contributed by atoms with E-state index in [9.17, 15) is 4.39 Å². The van der Waals surface area contributed by atoms with Crippen LogP contribution in [-0.2, 0) is 0 Å². The molecule has 0 saturated heterocycles. The summed E-state index contributed by atoms with van der Waals surface area (Å²) in [6.07, 6.45) is 0. The molecule has 0 aliphatic carbocycles. The predicted octanol–water partition coefficient (Wildman–Crippen LogP) is 4.42. The molecule has 1 atom stereocenters. The number of likely N-dealkylation sites (N-methyl/N-ethyl adjacent to an activating group) is 1. The molecule has 2 aromatic carbocycles. The third-order valence-electron chi connectivity index (χ3n) is 3.67. The number of anilines is 1. The standard InChI is InChI=1S/C17H20BrFN2/c1-3-21(15-7-5-14(19)6-8-15)17(11-20)13-4-9-16(18)12(2)10-13/h4-10,17H,3,11,20H2,1-2H3. The number of hydrogen-bond donors (Lipinski definition) is 1. The Hall–Kier alpha value is -1.39. The Balaban J connectivity index is 2.36. The zero-order valence-electron chi connectivity index (χ0n) is 12.3. The smallest absolute Gasteiger partial charge is 0.123 e. The summed E-state index contributed by atoms with van der Waals surface area (Å²) in [5.74, 6) is -0.224. The maximum absolute atomic E-state index is 13.1. The largest absolute Gasteiger partial charge is 0.363 e. The van der Waals surface area contributed by atoms with Crippen molar-refractivity contribution in [2.45, 2.75) is 19.9 Å². The summed E-state index contributed by atoms with van der Waals surface area (Å²) in [5, 5.41) is 0. The number of benzene rings is 2. The first-order valence-corrected chi connectivity index (χ1v) is 7.84. The second-order valence-electron chi connectivity index (χ2n) is 5.02. The van der Waals surface area contributed by atoms with E-state index >= 15 is 0 Å². The average Bonchev–Trinajstić information content (AvgIpc) is 2.49. The Bertz CT molecular complexity index is 598. The van der Waals surface area contributed by atoms with Crippen LogP contribution in [0.2, 0.25) is 0 Å². The van der Waals surface area contributed by atoms with E-state index in [0.717, 1.165) is 16.7 Å². The Labute approximate surface area is 133 Å². The van der Waals surface area contributed by atoms with Crippen LogP contribution in [0.5, 0.6) is 0 Å². The van der Waals surface area contributed by atoms with Gasteiger partial charge in [-0.05, 0) is 55.3 Å². The van der Waals surface area contributed by atoms with Crippen molar-refractivity contribution >= 4 is 21.6 Å². The molecule has 2 nitrogen and oxygen atoms in total. The molecule has 1 unspecified atom stereocenters. The van der Waals surface area contributed by atoms with Gasteiger partial charge in [-0.25, -0.2) is 4.39 Å². The van der Waals surface area contributed by atoms with Crippen LogP contribution in [0.3, 0.4) is 0 Å². The quantitative estimate of drug-likeness (QED) is 0.864. The van der Waals surface area contributed by atoms with Crippen molar-refractivity contribution in [3.63, 3.8) is 0 Å². The first-order chi connectivity index (χ1) is 10.1. The van der Waals surface area contributed by atoms with Gasteiger partial charge in [-0.2, -0.15) is 0 Å². The topological polar surface area (TPSA) is 29.3 Å². The van der Waals surface area contributed by atoms with Gasteiger partial charge in [-0.1, -0.05) is 28.1 Å². The molecule has 0 fully saturated rings. The van der Waals surface area contributed by atoms with E-state index in [1.165, 1.54) is 23.3 Å². The Morgan fingerprint density at radius 1 is 1.19 bits per heavy atom. The molecule has 2 rings (SSSR count). The molecule has 0 aliphatic rings. The normalized spacial score (nSPS) is 12.2. The maximum Gasteiger partial charge on any atom is 0.123 e. The molecule has 0 saturated carbocycles. The lowest BCUT2D eigenvalue weighted by molar-refractivity contribution is 0.622. The van der Waals surface area contributed by atoms with Crippen molar-refractivity contribution in [2.24, 2.45) is 5.73 Å². The molecule has 21 heavy (non-hydrogen) atoms. The minimum absolute atomic E-state index is 0.0762. The van der Waals surface area contributed by atoms with Crippen molar-refractivity contribution in [2.75, 3.05) is 18.0 Å². The molecule has 0 bridgehead atoms. The fourth-order valence-electron chi connectivity index (χ4n) is 2.53. The monoisotopic (exact) mass is 350 g/mol. The molecule has 0 radical (unpaired) electrons. The summed E-state index contributed by atoms with van der Waals surface area (Å²) in [5.41, 5.74) is 9.34. The van der Waals surface area contributed by atoms with E-state index in [2.05, 4.69) is 46.8 Å². The van der Waals surface area contributed by atoms with E-state index in [1.807, 2.05) is 6.07 Å². The third kappa shape index (κ3) is 3.63. The lowest BCUT2D eigenvalue weighted by atomic mass is 10.0. The Kier molecular flexibility index (Phi) is 5.37. The van der Waals surface area contributed by atoms with E-state index < -0.39 is 0 Å². The summed E-state index contributed by atoms with van der Waals surface area (Å²) in [4.78, 5) is 2.20. The lowest BCUT2D eigenvalue weighted by Crippen LogP contribution is -2.33. The highest BCUT2D eigenvalue weighted by Crippen LogP contribution is 2.28. The van der Waals surface area contributed by atoms with E-state index in [4.69, 9.17) is 5.73 Å². The number of hydrogen-bond acceptors (Lipinski definition) is 2. The van der Waals surface area contributed by atoms with E-state index in [1.54, 1.807) is 12.1 Å². The molecular formula is C17H20BrFN2. The van der Waals surface area contributed by atoms with Gasteiger partial charge in [-0.3, -0.25) is 0 Å². The van der Waals surface area contributed by atoms with Crippen LogP contribution in [0.4, 0.5) is 10.1 Å². The van der Waals surface area contributed by atoms with Crippen molar-refractivity contribution < 1.29 is 4.39 Å². The van der Waals surface area contributed by atoms with Crippen molar-refractivity contribution in [3.05, 3.63) is 63.9 Å². The molecule has 4 heteroatoms.